The van der Waals surface area contributed by atoms with Crippen molar-refractivity contribution in [1.29, 1.82) is 0 Å². The molecule has 7 nitrogen and oxygen atoms in total. The zero-order valence-electron chi connectivity index (χ0n) is 15.3. The van der Waals surface area contributed by atoms with E-state index in [9.17, 15) is 18.0 Å². The maximum Gasteiger partial charge on any atom is 0.245 e. The molecule has 0 radical (unpaired) electrons. The van der Waals surface area contributed by atoms with Crippen LogP contribution in [0.25, 0.3) is 0 Å². The van der Waals surface area contributed by atoms with Crippen LogP contribution in [0.15, 0.2) is 53.0 Å². The van der Waals surface area contributed by atoms with Gasteiger partial charge in [0.15, 0.2) is 0 Å². The lowest BCUT2D eigenvalue weighted by Gasteiger charge is -2.23. The number of hydrogen-bond donors (Lipinski definition) is 1. The Morgan fingerprint density at radius 2 is 1.86 bits per heavy atom. The first-order valence-corrected chi connectivity index (χ1v) is 11.3. The number of carbonyl (C=O) groups excluding carboxylic acids is 2. The third kappa shape index (κ3) is 4.71. The van der Waals surface area contributed by atoms with Gasteiger partial charge in [0.1, 0.15) is 6.54 Å². The molecule has 0 unspecified atom stereocenters. The Labute approximate surface area is 172 Å². The van der Waals surface area contributed by atoms with Crippen LogP contribution in [0.4, 0.5) is 17.1 Å². The molecule has 1 N–H and O–H groups in total. The van der Waals surface area contributed by atoms with Crippen molar-refractivity contribution in [2.75, 3.05) is 33.9 Å². The van der Waals surface area contributed by atoms with Gasteiger partial charge in [0.05, 0.1) is 11.9 Å². The molecule has 3 rings (SSSR count). The van der Waals surface area contributed by atoms with Gasteiger partial charge in [0.2, 0.25) is 21.8 Å². The van der Waals surface area contributed by atoms with E-state index in [1.54, 1.807) is 53.4 Å². The second kappa shape index (κ2) is 8.32. The fourth-order valence-corrected chi connectivity index (χ4v) is 4.50. The Kier molecular flexibility index (Phi) is 6.04. The van der Waals surface area contributed by atoms with Gasteiger partial charge in [0.25, 0.3) is 0 Å². The first kappa shape index (κ1) is 20.3. The van der Waals surface area contributed by atoms with E-state index < -0.39 is 15.9 Å². The second-order valence-corrected chi connectivity index (χ2v) is 9.23. The summed E-state index contributed by atoms with van der Waals surface area (Å²) in [4.78, 5) is 26.0. The van der Waals surface area contributed by atoms with Crippen LogP contribution < -0.4 is 14.5 Å². The maximum atomic E-state index is 12.5. The zero-order chi connectivity index (χ0) is 20.3. The molecule has 1 saturated heterocycles. The van der Waals surface area contributed by atoms with Gasteiger partial charge >= 0.3 is 0 Å². The van der Waals surface area contributed by atoms with Crippen LogP contribution in [0.1, 0.15) is 12.8 Å². The number of amides is 2. The number of anilines is 3. The minimum absolute atomic E-state index is 0.0917. The number of nitrogens with one attached hydrogen (secondary N) is 1. The molecule has 0 bridgehead atoms. The van der Waals surface area contributed by atoms with Gasteiger partial charge in [-0.05, 0) is 58.7 Å². The molecule has 148 valence electrons. The lowest BCUT2D eigenvalue weighted by Crippen LogP contribution is -2.37. The van der Waals surface area contributed by atoms with E-state index >= 15 is 0 Å². The first-order valence-electron chi connectivity index (χ1n) is 8.68. The second-order valence-electron chi connectivity index (χ2n) is 6.47. The molecule has 0 aromatic heterocycles. The van der Waals surface area contributed by atoms with E-state index in [4.69, 9.17) is 0 Å². The van der Waals surface area contributed by atoms with Gasteiger partial charge in [-0.2, -0.15) is 0 Å². The molecule has 0 atom stereocenters. The number of nitrogens with zero attached hydrogens (tertiary/aromatic N) is 2. The molecular weight excluding hydrogens is 446 g/mol. The van der Waals surface area contributed by atoms with Crippen molar-refractivity contribution >= 4 is 54.8 Å². The van der Waals surface area contributed by atoms with Crippen molar-refractivity contribution in [3.8, 4) is 0 Å². The predicted octanol–water partition coefficient (Wildman–Crippen LogP) is 2.98. The molecule has 1 aliphatic heterocycles. The Bertz CT molecular complexity index is 992. The molecule has 2 aromatic carbocycles. The maximum absolute atomic E-state index is 12.5. The third-order valence-electron chi connectivity index (χ3n) is 4.34. The lowest BCUT2D eigenvalue weighted by atomic mass is 10.2. The molecule has 1 aliphatic rings. The van der Waals surface area contributed by atoms with Crippen molar-refractivity contribution in [3.63, 3.8) is 0 Å². The molecule has 2 aromatic rings. The molecule has 1 fully saturated rings. The fourth-order valence-electron chi connectivity index (χ4n) is 3.01. The average molecular weight is 466 g/mol. The summed E-state index contributed by atoms with van der Waals surface area (Å²) in [5.41, 5.74) is 1.70. The van der Waals surface area contributed by atoms with E-state index in [-0.39, 0.29) is 12.5 Å². The normalized spacial score (nSPS) is 14.2. The molecule has 28 heavy (non-hydrogen) atoms. The Hall–Kier alpha value is -2.39. The van der Waals surface area contributed by atoms with Crippen LogP contribution in [0.2, 0.25) is 0 Å². The highest BCUT2D eigenvalue weighted by atomic mass is 79.9. The molecule has 0 spiro atoms. The van der Waals surface area contributed by atoms with E-state index in [0.717, 1.165) is 22.7 Å². The standard InChI is InChI=1S/C19H20BrN3O4S/c1-28(26,27)23(17-6-3-2-5-16(17)20)13-18(24)21-14-8-10-15(11-9-14)22-12-4-7-19(22)25/h2-3,5-6,8-11H,4,7,12-13H2,1H3,(H,21,24). The third-order valence-corrected chi connectivity index (χ3v) is 6.14. The number of rotatable bonds is 6. The van der Waals surface area contributed by atoms with Gasteiger partial charge < -0.3 is 10.2 Å². The zero-order valence-corrected chi connectivity index (χ0v) is 17.7. The van der Waals surface area contributed by atoms with Gasteiger partial charge in [-0.3, -0.25) is 13.9 Å². The average Bonchev–Trinajstić information content (AvgIpc) is 3.06. The van der Waals surface area contributed by atoms with Crippen molar-refractivity contribution < 1.29 is 18.0 Å². The van der Waals surface area contributed by atoms with Crippen LogP contribution in [0.3, 0.4) is 0 Å². The van der Waals surface area contributed by atoms with Crippen LogP contribution in [-0.4, -0.2) is 39.6 Å². The molecule has 1 heterocycles. The molecule has 9 heteroatoms. The molecule has 0 saturated carbocycles. The smallest absolute Gasteiger partial charge is 0.245 e. The molecular formula is C19H20BrN3O4S. The molecule has 0 aliphatic carbocycles. The minimum atomic E-state index is -3.65. The lowest BCUT2D eigenvalue weighted by molar-refractivity contribution is -0.117. The highest BCUT2D eigenvalue weighted by Crippen LogP contribution is 2.28. The summed E-state index contributed by atoms with van der Waals surface area (Å²) in [6.07, 6.45) is 2.45. The summed E-state index contributed by atoms with van der Waals surface area (Å²) < 4.78 is 26.0. The number of hydrogen-bond acceptors (Lipinski definition) is 4. The Morgan fingerprint density at radius 1 is 1.18 bits per heavy atom. The van der Waals surface area contributed by atoms with E-state index in [2.05, 4.69) is 21.2 Å². The summed E-state index contributed by atoms with van der Waals surface area (Å²) in [7, 11) is -3.65. The largest absolute Gasteiger partial charge is 0.325 e. The van der Waals surface area contributed by atoms with Crippen molar-refractivity contribution in [1.82, 2.24) is 0 Å². The van der Waals surface area contributed by atoms with Gasteiger partial charge in [-0.15, -0.1) is 0 Å². The monoisotopic (exact) mass is 465 g/mol. The van der Waals surface area contributed by atoms with E-state index in [1.165, 1.54) is 0 Å². The topological polar surface area (TPSA) is 86.8 Å². The minimum Gasteiger partial charge on any atom is -0.325 e. The number of benzene rings is 2. The van der Waals surface area contributed by atoms with Crippen LogP contribution in [0.5, 0.6) is 0 Å². The number of sulfonamides is 1. The van der Waals surface area contributed by atoms with Gasteiger partial charge in [-0.25, -0.2) is 8.42 Å². The first-order chi connectivity index (χ1) is 13.3. The highest BCUT2D eigenvalue weighted by Gasteiger charge is 2.23. The summed E-state index contributed by atoms with van der Waals surface area (Å²) >= 11 is 3.32. The van der Waals surface area contributed by atoms with Crippen LogP contribution in [-0.2, 0) is 19.6 Å². The quantitative estimate of drug-likeness (QED) is 0.710. The van der Waals surface area contributed by atoms with Crippen LogP contribution in [0, 0.1) is 0 Å². The number of carbonyl (C=O) groups is 2. The van der Waals surface area contributed by atoms with Crippen molar-refractivity contribution in [3.05, 3.63) is 53.0 Å². The summed E-state index contributed by atoms with van der Waals surface area (Å²) in [5, 5.41) is 2.70. The SMILES string of the molecule is CS(=O)(=O)N(CC(=O)Nc1ccc(N2CCCC2=O)cc1)c1ccccc1Br. The van der Waals surface area contributed by atoms with Gasteiger partial charge in [-0.1, -0.05) is 12.1 Å². The summed E-state index contributed by atoms with van der Waals surface area (Å²) in [5.74, 6) is -0.375. The van der Waals surface area contributed by atoms with Crippen molar-refractivity contribution in [2.24, 2.45) is 0 Å². The van der Waals surface area contributed by atoms with Crippen LogP contribution >= 0.6 is 15.9 Å². The summed E-state index contributed by atoms with van der Waals surface area (Å²) in [6.45, 7) is 0.341. The predicted molar refractivity (Wildman–Crippen MR) is 113 cm³/mol. The van der Waals surface area contributed by atoms with Gasteiger partial charge in [0, 0.05) is 28.8 Å². The highest BCUT2D eigenvalue weighted by molar-refractivity contribution is 9.10. The number of halogens is 1. The Balaban J connectivity index is 1.71. The van der Waals surface area contributed by atoms with E-state index in [1.807, 2.05) is 0 Å². The Morgan fingerprint density at radius 3 is 2.43 bits per heavy atom. The molecule has 2 amide bonds. The van der Waals surface area contributed by atoms with Crippen molar-refractivity contribution in [2.45, 2.75) is 12.8 Å². The summed E-state index contributed by atoms with van der Waals surface area (Å²) in [6, 6.07) is 13.7. The number of para-hydroxylation sites is 1. The van der Waals surface area contributed by atoms with E-state index in [0.29, 0.717) is 28.8 Å². The fraction of sp³-hybridized carbons (Fsp3) is 0.263.